The van der Waals surface area contributed by atoms with E-state index in [1.54, 1.807) is 12.2 Å². The topological polar surface area (TPSA) is 139 Å². The van der Waals surface area contributed by atoms with E-state index in [1.165, 1.54) is 25.1 Å². The first-order valence-corrected chi connectivity index (χ1v) is 7.54. The molecule has 0 saturated heterocycles. The number of nitro groups is 1. The van der Waals surface area contributed by atoms with E-state index in [-0.39, 0.29) is 24.1 Å². The van der Waals surface area contributed by atoms with Crippen LogP contribution in [0.4, 0.5) is 5.69 Å². The Bertz CT molecular complexity index is 758. The van der Waals surface area contributed by atoms with Crippen molar-refractivity contribution in [3.8, 4) is 0 Å². The molecule has 0 heterocycles. The van der Waals surface area contributed by atoms with Gasteiger partial charge in [0.2, 0.25) is 5.91 Å². The van der Waals surface area contributed by atoms with E-state index in [1.807, 2.05) is 0 Å². The highest BCUT2D eigenvalue weighted by atomic mass is 16.6. The van der Waals surface area contributed by atoms with Crippen LogP contribution in [0.5, 0.6) is 0 Å². The molecule has 9 nitrogen and oxygen atoms in total. The van der Waals surface area contributed by atoms with Gasteiger partial charge in [0.1, 0.15) is 0 Å². The van der Waals surface area contributed by atoms with Gasteiger partial charge in [-0.1, -0.05) is 12.2 Å². The van der Waals surface area contributed by atoms with Crippen LogP contribution in [0, 0.1) is 28.9 Å². The van der Waals surface area contributed by atoms with Crippen LogP contribution >= 0.6 is 0 Å². The minimum absolute atomic E-state index is 0.112. The Morgan fingerprint density at radius 3 is 2.36 bits per heavy atom. The minimum atomic E-state index is -1.07. The molecule has 1 aliphatic carbocycles. The summed E-state index contributed by atoms with van der Waals surface area (Å²) in [7, 11) is 0. The van der Waals surface area contributed by atoms with E-state index < -0.39 is 34.5 Å². The summed E-state index contributed by atoms with van der Waals surface area (Å²) in [6, 6.07) is 3.82. The van der Waals surface area contributed by atoms with Gasteiger partial charge in [-0.3, -0.25) is 35.3 Å². The second-order valence-corrected chi connectivity index (χ2v) is 5.70. The number of hydrogen-bond acceptors (Lipinski definition) is 5. The quantitative estimate of drug-likeness (QED) is 0.427. The Hall–Kier alpha value is -3.23. The maximum Gasteiger partial charge on any atom is 0.307 e. The van der Waals surface area contributed by atoms with E-state index in [0.29, 0.717) is 5.56 Å². The molecule has 25 heavy (non-hydrogen) atoms. The van der Waals surface area contributed by atoms with Crippen LogP contribution in [0.25, 0.3) is 0 Å². The first-order chi connectivity index (χ1) is 11.8. The van der Waals surface area contributed by atoms with Gasteiger partial charge in [-0.15, -0.1) is 0 Å². The summed E-state index contributed by atoms with van der Waals surface area (Å²) in [4.78, 5) is 45.6. The summed E-state index contributed by atoms with van der Waals surface area (Å²) < 4.78 is 0. The van der Waals surface area contributed by atoms with Crippen LogP contribution in [0.3, 0.4) is 0 Å². The number of carboxylic acid groups (broad SMARTS) is 1. The number of aliphatic carboxylic acids is 1. The van der Waals surface area contributed by atoms with Crippen molar-refractivity contribution in [3.05, 3.63) is 51.6 Å². The number of nitro benzene ring substituents is 1. The largest absolute Gasteiger partial charge is 0.481 e. The van der Waals surface area contributed by atoms with Gasteiger partial charge < -0.3 is 5.11 Å². The number of amides is 2. The van der Waals surface area contributed by atoms with E-state index >= 15 is 0 Å². The second-order valence-electron chi connectivity index (χ2n) is 5.70. The third kappa shape index (κ3) is 4.19. The average molecular weight is 347 g/mol. The molecular weight excluding hydrogens is 330 g/mol. The number of carbonyl (C=O) groups excluding carboxylic acids is 2. The molecule has 2 amide bonds. The second kappa shape index (κ2) is 7.56. The highest BCUT2D eigenvalue weighted by Gasteiger charge is 2.34. The van der Waals surface area contributed by atoms with Crippen molar-refractivity contribution in [2.24, 2.45) is 11.8 Å². The minimum Gasteiger partial charge on any atom is -0.481 e. The van der Waals surface area contributed by atoms with E-state index in [0.717, 1.165) is 0 Å². The molecule has 2 rings (SSSR count). The summed E-state index contributed by atoms with van der Waals surface area (Å²) in [5, 5.41) is 19.9. The lowest BCUT2D eigenvalue weighted by atomic mass is 9.82. The lowest BCUT2D eigenvalue weighted by Gasteiger charge is -2.24. The Labute approximate surface area is 142 Å². The van der Waals surface area contributed by atoms with Gasteiger partial charge in [-0.05, 0) is 31.9 Å². The van der Waals surface area contributed by atoms with E-state index in [9.17, 15) is 24.5 Å². The zero-order valence-corrected chi connectivity index (χ0v) is 13.4. The van der Waals surface area contributed by atoms with Gasteiger partial charge in [0.05, 0.1) is 16.8 Å². The Balaban J connectivity index is 2.00. The summed E-state index contributed by atoms with van der Waals surface area (Å²) in [5.41, 5.74) is 4.77. The zero-order valence-electron chi connectivity index (χ0n) is 13.4. The number of allylic oxidation sites excluding steroid dienone is 2. The van der Waals surface area contributed by atoms with Gasteiger partial charge >= 0.3 is 5.97 Å². The number of benzene rings is 1. The van der Waals surface area contributed by atoms with Crippen LogP contribution in [-0.2, 0) is 9.59 Å². The van der Waals surface area contributed by atoms with E-state index in [2.05, 4.69) is 10.9 Å². The van der Waals surface area contributed by atoms with Crippen LogP contribution in [-0.4, -0.2) is 27.8 Å². The third-order valence-electron chi connectivity index (χ3n) is 4.04. The number of carboxylic acids is 1. The SMILES string of the molecule is Cc1cc(C(=O)NNC(=O)[C@H]2CC=CC[C@@H]2C(=O)O)ccc1[N+](=O)[O-]. The number of nitrogens with one attached hydrogen (secondary N) is 2. The molecule has 0 aliphatic heterocycles. The van der Waals surface area contributed by atoms with Crippen molar-refractivity contribution < 1.29 is 24.4 Å². The molecule has 3 N–H and O–H groups in total. The Kier molecular flexibility index (Phi) is 5.48. The van der Waals surface area contributed by atoms with Crippen molar-refractivity contribution in [2.75, 3.05) is 0 Å². The highest BCUT2D eigenvalue weighted by molar-refractivity contribution is 5.96. The molecule has 0 unspecified atom stereocenters. The van der Waals surface area contributed by atoms with Gasteiger partial charge in [-0.25, -0.2) is 0 Å². The van der Waals surface area contributed by atoms with Crippen LogP contribution in [0.15, 0.2) is 30.4 Å². The van der Waals surface area contributed by atoms with Crippen molar-refractivity contribution in [3.63, 3.8) is 0 Å². The van der Waals surface area contributed by atoms with Crippen molar-refractivity contribution in [1.82, 2.24) is 10.9 Å². The summed E-state index contributed by atoms with van der Waals surface area (Å²) in [5.74, 6) is -3.93. The molecule has 0 radical (unpaired) electrons. The molecule has 2 atom stereocenters. The number of hydrogen-bond donors (Lipinski definition) is 3. The Morgan fingerprint density at radius 2 is 1.80 bits per heavy atom. The summed E-state index contributed by atoms with van der Waals surface area (Å²) in [6.45, 7) is 1.50. The fourth-order valence-electron chi connectivity index (χ4n) is 2.66. The highest BCUT2D eigenvalue weighted by Crippen LogP contribution is 2.25. The number of aryl methyl sites for hydroxylation is 1. The van der Waals surface area contributed by atoms with Gasteiger partial charge in [0, 0.05) is 17.2 Å². The van der Waals surface area contributed by atoms with Crippen LogP contribution in [0.2, 0.25) is 0 Å². The normalized spacial score (nSPS) is 19.1. The number of carbonyl (C=O) groups is 3. The summed E-state index contributed by atoms with van der Waals surface area (Å²) in [6.07, 6.45) is 3.96. The van der Waals surface area contributed by atoms with Crippen molar-refractivity contribution >= 4 is 23.5 Å². The predicted octanol–water partition coefficient (Wildman–Crippen LogP) is 1.33. The number of hydrazine groups is 1. The standard InChI is InChI=1S/C16H17N3O6/c1-9-8-10(6-7-13(9)19(24)25)14(20)17-18-15(21)11-4-2-3-5-12(11)16(22)23/h2-3,6-8,11-12H,4-5H2,1H3,(H,17,20)(H,18,21)(H,22,23)/t11-,12-/m0/s1. The third-order valence-corrected chi connectivity index (χ3v) is 4.04. The maximum atomic E-state index is 12.1. The maximum absolute atomic E-state index is 12.1. The van der Waals surface area contributed by atoms with Crippen molar-refractivity contribution in [1.29, 1.82) is 0 Å². The zero-order chi connectivity index (χ0) is 18.6. The van der Waals surface area contributed by atoms with Gasteiger partial charge in [0.15, 0.2) is 0 Å². The molecule has 0 saturated carbocycles. The number of rotatable bonds is 4. The molecular formula is C16H17N3O6. The fraction of sp³-hybridized carbons (Fsp3) is 0.312. The summed E-state index contributed by atoms with van der Waals surface area (Å²) >= 11 is 0. The van der Waals surface area contributed by atoms with Crippen LogP contribution < -0.4 is 10.9 Å². The van der Waals surface area contributed by atoms with Gasteiger partial charge in [0.25, 0.3) is 11.6 Å². The molecule has 0 bridgehead atoms. The Morgan fingerprint density at radius 1 is 1.16 bits per heavy atom. The van der Waals surface area contributed by atoms with E-state index in [4.69, 9.17) is 5.11 Å². The first-order valence-electron chi connectivity index (χ1n) is 7.54. The molecule has 0 fully saturated rings. The fourth-order valence-corrected chi connectivity index (χ4v) is 2.66. The first kappa shape index (κ1) is 18.1. The predicted molar refractivity (Wildman–Crippen MR) is 86.4 cm³/mol. The lowest BCUT2D eigenvalue weighted by molar-refractivity contribution is -0.385. The molecule has 1 aromatic carbocycles. The van der Waals surface area contributed by atoms with Gasteiger partial charge in [-0.2, -0.15) is 0 Å². The monoisotopic (exact) mass is 347 g/mol. The molecule has 0 aromatic heterocycles. The lowest BCUT2D eigenvalue weighted by Crippen LogP contribution is -2.47. The molecule has 1 aliphatic rings. The van der Waals surface area contributed by atoms with Crippen LogP contribution in [0.1, 0.15) is 28.8 Å². The smallest absolute Gasteiger partial charge is 0.307 e. The number of nitrogens with zero attached hydrogens (tertiary/aromatic N) is 1. The molecule has 1 aromatic rings. The average Bonchev–Trinajstić information content (AvgIpc) is 2.58. The molecule has 0 spiro atoms. The van der Waals surface area contributed by atoms with Crippen molar-refractivity contribution in [2.45, 2.75) is 19.8 Å². The molecule has 9 heteroatoms. The molecule has 132 valence electrons.